The standard InChI is InChI=1S/C20H16N2O4S/c23-17-6-11-5-15(10-1-2-10)22-9-14(20(25)26)18(24)8-16(22)12(11)7-13(17)19-21-3-4-27-19/h3-4,6-10,15,23H,1-2,5H2,(H,25,26). The van der Waals surface area contributed by atoms with Crippen LogP contribution in [0.25, 0.3) is 21.8 Å². The molecule has 1 atom stereocenters. The Morgan fingerprint density at radius 1 is 1.22 bits per heavy atom. The Morgan fingerprint density at radius 2 is 2.04 bits per heavy atom. The van der Waals surface area contributed by atoms with Gasteiger partial charge in [0.2, 0.25) is 0 Å². The molecule has 3 aromatic rings. The van der Waals surface area contributed by atoms with Crippen LogP contribution in [0.4, 0.5) is 0 Å². The molecule has 2 N–H and O–H groups in total. The van der Waals surface area contributed by atoms with Crippen LogP contribution in [0.2, 0.25) is 0 Å². The van der Waals surface area contributed by atoms with E-state index in [1.54, 1.807) is 12.3 Å². The lowest BCUT2D eigenvalue weighted by molar-refractivity contribution is 0.0694. The molecule has 0 spiro atoms. The van der Waals surface area contributed by atoms with Crippen molar-refractivity contribution < 1.29 is 15.0 Å². The first-order chi connectivity index (χ1) is 13.0. The smallest absolute Gasteiger partial charge is 0.341 e. The molecule has 27 heavy (non-hydrogen) atoms. The molecular weight excluding hydrogens is 364 g/mol. The number of hydrogen-bond acceptors (Lipinski definition) is 5. The van der Waals surface area contributed by atoms with Crippen LogP contribution in [0, 0.1) is 5.92 Å². The van der Waals surface area contributed by atoms with Gasteiger partial charge < -0.3 is 14.8 Å². The minimum Gasteiger partial charge on any atom is -0.507 e. The van der Waals surface area contributed by atoms with E-state index in [-0.39, 0.29) is 17.4 Å². The highest BCUT2D eigenvalue weighted by Crippen LogP contribution is 2.48. The summed E-state index contributed by atoms with van der Waals surface area (Å²) in [4.78, 5) is 28.1. The second-order valence-corrected chi connectivity index (χ2v) is 8.02. The van der Waals surface area contributed by atoms with Crippen LogP contribution in [0.3, 0.4) is 0 Å². The van der Waals surface area contributed by atoms with E-state index in [2.05, 4.69) is 4.98 Å². The number of phenols is 1. The minimum absolute atomic E-state index is 0.108. The molecule has 0 amide bonds. The number of aromatic hydroxyl groups is 1. The predicted molar refractivity (Wildman–Crippen MR) is 101 cm³/mol. The van der Waals surface area contributed by atoms with Gasteiger partial charge >= 0.3 is 5.97 Å². The van der Waals surface area contributed by atoms with Crippen molar-refractivity contribution in [1.82, 2.24) is 9.55 Å². The van der Waals surface area contributed by atoms with Crippen LogP contribution in [0.15, 0.2) is 40.8 Å². The molecule has 1 aromatic carbocycles. The first-order valence-corrected chi connectivity index (χ1v) is 9.66. The summed E-state index contributed by atoms with van der Waals surface area (Å²) in [6, 6.07) is 5.15. The van der Waals surface area contributed by atoms with Crippen molar-refractivity contribution in [3.63, 3.8) is 0 Å². The topological polar surface area (TPSA) is 92.4 Å². The number of benzene rings is 1. The van der Waals surface area contributed by atoms with E-state index in [4.69, 9.17) is 0 Å². The van der Waals surface area contributed by atoms with Crippen molar-refractivity contribution in [2.75, 3.05) is 0 Å². The van der Waals surface area contributed by atoms with Gasteiger partial charge in [-0.3, -0.25) is 4.79 Å². The molecule has 6 nitrogen and oxygen atoms in total. The Hall–Kier alpha value is -2.93. The van der Waals surface area contributed by atoms with Gasteiger partial charge in [0.15, 0.2) is 5.43 Å². The van der Waals surface area contributed by atoms with E-state index in [1.807, 2.05) is 16.0 Å². The fraction of sp³-hybridized carbons (Fsp3) is 0.250. The molecule has 1 saturated carbocycles. The zero-order chi connectivity index (χ0) is 18.7. The molecule has 1 unspecified atom stereocenters. The minimum atomic E-state index is -1.20. The second kappa shape index (κ2) is 5.79. The summed E-state index contributed by atoms with van der Waals surface area (Å²) in [5.74, 6) is -0.553. The van der Waals surface area contributed by atoms with Gasteiger partial charge in [0.05, 0.1) is 11.3 Å². The third-order valence-electron chi connectivity index (χ3n) is 5.42. The highest BCUT2D eigenvalue weighted by Gasteiger charge is 2.37. The van der Waals surface area contributed by atoms with E-state index in [9.17, 15) is 19.8 Å². The molecule has 2 aromatic heterocycles. The van der Waals surface area contributed by atoms with Gasteiger partial charge in [-0.05, 0) is 42.9 Å². The van der Waals surface area contributed by atoms with Crippen LogP contribution >= 0.6 is 11.3 Å². The number of carboxylic acids is 1. The Morgan fingerprint density at radius 3 is 2.70 bits per heavy atom. The summed E-state index contributed by atoms with van der Waals surface area (Å²) >= 11 is 1.43. The van der Waals surface area contributed by atoms with E-state index in [0.29, 0.717) is 28.6 Å². The van der Waals surface area contributed by atoms with Gasteiger partial charge in [0, 0.05) is 35.4 Å². The Kier molecular flexibility index (Phi) is 3.48. The average Bonchev–Trinajstić information content (AvgIpc) is 3.34. The third kappa shape index (κ3) is 2.57. The number of aromatic carboxylic acids is 1. The van der Waals surface area contributed by atoms with Crippen LogP contribution in [-0.2, 0) is 6.42 Å². The number of rotatable bonds is 3. The van der Waals surface area contributed by atoms with Gasteiger partial charge in [-0.25, -0.2) is 9.78 Å². The highest BCUT2D eigenvalue weighted by atomic mass is 32.1. The maximum Gasteiger partial charge on any atom is 0.341 e. The summed E-state index contributed by atoms with van der Waals surface area (Å²) in [5.41, 5.74) is 2.46. The molecule has 0 radical (unpaired) electrons. The number of fused-ring (bicyclic) bond motifs is 3. The van der Waals surface area contributed by atoms with Gasteiger partial charge in [0.1, 0.15) is 16.3 Å². The predicted octanol–water partition coefficient (Wildman–Crippen LogP) is 3.55. The monoisotopic (exact) mass is 380 g/mol. The van der Waals surface area contributed by atoms with Crippen molar-refractivity contribution >= 4 is 17.3 Å². The van der Waals surface area contributed by atoms with Crippen molar-refractivity contribution in [2.45, 2.75) is 25.3 Å². The maximum atomic E-state index is 12.4. The van der Waals surface area contributed by atoms with Crippen molar-refractivity contribution in [3.8, 4) is 27.6 Å². The summed E-state index contributed by atoms with van der Waals surface area (Å²) < 4.78 is 1.95. The van der Waals surface area contributed by atoms with E-state index in [0.717, 1.165) is 24.0 Å². The normalized spacial score (nSPS) is 18.0. The summed E-state index contributed by atoms with van der Waals surface area (Å²) in [7, 11) is 0. The van der Waals surface area contributed by atoms with E-state index < -0.39 is 11.4 Å². The number of nitrogens with zero attached hydrogens (tertiary/aromatic N) is 2. The van der Waals surface area contributed by atoms with Crippen LogP contribution < -0.4 is 5.43 Å². The number of carboxylic acid groups (broad SMARTS) is 1. The van der Waals surface area contributed by atoms with Gasteiger partial charge in [-0.15, -0.1) is 11.3 Å². The number of thiazole rings is 1. The quantitative estimate of drug-likeness (QED) is 0.725. The van der Waals surface area contributed by atoms with Gasteiger partial charge in [-0.2, -0.15) is 0 Å². The molecule has 5 rings (SSSR count). The third-order valence-corrected chi connectivity index (χ3v) is 6.23. The molecule has 0 bridgehead atoms. The SMILES string of the molecule is O=C(O)c1cn2c(cc1=O)-c1cc(-c3nccs3)c(O)cc1CC2C1CC1. The zero-order valence-corrected chi connectivity index (χ0v) is 15.1. The lowest BCUT2D eigenvalue weighted by atomic mass is 9.88. The fourth-order valence-corrected chi connectivity index (χ4v) is 4.63. The highest BCUT2D eigenvalue weighted by molar-refractivity contribution is 7.13. The lowest BCUT2D eigenvalue weighted by Gasteiger charge is -2.31. The Bertz CT molecular complexity index is 1130. The Balaban J connectivity index is 1.76. The number of aromatic nitrogens is 2. The molecule has 1 fully saturated rings. The van der Waals surface area contributed by atoms with E-state index in [1.165, 1.54) is 23.6 Å². The molecular formula is C20H16N2O4S. The van der Waals surface area contributed by atoms with Crippen LogP contribution in [0.1, 0.15) is 34.8 Å². The summed E-state index contributed by atoms with van der Waals surface area (Å²) in [6.45, 7) is 0. The number of pyridine rings is 1. The van der Waals surface area contributed by atoms with Gasteiger partial charge in [-0.1, -0.05) is 0 Å². The van der Waals surface area contributed by atoms with Crippen molar-refractivity contribution in [1.29, 1.82) is 0 Å². The number of carbonyl (C=O) groups is 1. The first kappa shape index (κ1) is 16.3. The zero-order valence-electron chi connectivity index (χ0n) is 14.3. The Labute approximate surface area is 158 Å². The molecule has 0 saturated heterocycles. The molecule has 1 aliphatic heterocycles. The molecule has 136 valence electrons. The summed E-state index contributed by atoms with van der Waals surface area (Å²) in [6.07, 6.45) is 6.07. The van der Waals surface area contributed by atoms with Gasteiger partial charge in [0.25, 0.3) is 0 Å². The van der Waals surface area contributed by atoms with Crippen molar-refractivity contribution in [2.24, 2.45) is 5.92 Å². The fourth-order valence-electron chi connectivity index (χ4n) is 3.97. The number of hydrogen-bond donors (Lipinski definition) is 2. The largest absolute Gasteiger partial charge is 0.507 e. The molecule has 1 aliphatic carbocycles. The average molecular weight is 380 g/mol. The number of phenolic OH excluding ortho intramolecular Hbond substituents is 1. The maximum absolute atomic E-state index is 12.4. The summed E-state index contributed by atoms with van der Waals surface area (Å²) in [5, 5.41) is 22.4. The second-order valence-electron chi connectivity index (χ2n) is 7.12. The van der Waals surface area contributed by atoms with E-state index >= 15 is 0 Å². The van der Waals surface area contributed by atoms with Crippen molar-refractivity contribution in [3.05, 3.63) is 57.3 Å². The molecule has 2 aliphatic rings. The molecule has 7 heteroatoms. The lowest BCUT2D eigenvalue weighted by Crippen LogP contribution is -2.26. The van der Waals surface area contributed by atoms with Crippen LogP contribution in [0.5, 0.6) is 5.75 Å². The first-order valence-electron chi connectivity index (χ1n) is 8.78. The molecule has 3 heterocycles. The van der Waals surface area contributed by atoms with Crippen LogP contribution in [-0.4, -0.2) is 25.7 Å².